The normalized spacial score (nSPS) is 10.4. The molecule has 0 atom stereocenters. The number of fused-ring (bicyclic) bond motifs is 1. The molecule has 0 unspecified atom stereocenters. The number of nitrogens with zero attached hydrogens (tertiary/aromatic N) is 1. The summed E-state index contributed by atoms with van der Waals surface area (Å²) in [5, 5.41) is 7.83. The Morgan fingerprint density at radius 2 is 2.21 bits per heavy atom. The number of aromatic amines is 1. The van der Waals surface area contributed by atoms with E-state index in [2.05, 4.69) is 30.1 Å². The van der Waals surface area contributed by atoms with Crippen LogP contribution in [0.3, 0.4) is 0 Å². The van der Waals surface area contributed by atoms with Gasteiger partial charge in [0.1, 0.15) is 0 Å². The molecule has 0 saturated carbocycles. The molecule has 1 aromatic carbocycles. The van der Waals surface area contributed by atoms with Gasteiger partial charge in [-0.2, -0.15) is 5.10 Å². The molecule has 2 rings (SSSR count). The van der Waals surface area contributed by atoms with Crippen LogP contribution in [-0.2, 0) is 0 Å². The molecule has 0 fully saturated rings. The minimum Gasteiger partial charge on any atom is -0.382 e. The van der Waals surface area contributed by atoms with Crippen molar-refractivity contribution >= 4 is 22.8 Å². The van der Waals surface area contributed by atoms with Gasteiger partial charge in [-0.05, 0) is 31.5 Å². The zero-order chi connectivity index (χ0) is 10.1. The highest BCUT2D eigenvalue weighted by atomic mass is 15.1. The molecule has 14 heavy (non-hydrogen) atoms. The van der Waals surface area contributed by atoms with Gasteiger partial charge in [-0.15, -0.1) is 0 Å². The lowest BCUT2D eigenvalue weighted by Gasteiger charge is -1.95. The largest absolute Gasteiger partial charge is 0.382 e. The third-order valence-corrected chi connectivity index (χ3v) is 2.07. The van der Waals surface area contributed by atoms with Gasteiger partial charge >= 0.3 is 0 Å². The second kappa shape index (κ2) is 3.18. The predicted octanol–water partition coefficient (Wildman–Crippen LogP) is 2.57. The number of benzene rings is 1. The van der Waals surface area contributed by atoms with Gasteiger partial charge in [0, 0.05) is 5.39 Å². The SMILES string of the molecule is CC(C)=Cc1ccc2c(N)n[nH]c2c1. The molecule has 0 aliphatic rings. The van der Waals surface area contributed by atoms with Crippen molar-refractivity contribution in [2.24, 2.45) is 0 Å². The van der Waals surface area contributed by atoms with Gasteiger partial charge < -0.3 is 5.73 Å². The molecule has 3 heteroatoms. The minimum absolute atomic E-state index is 0.559. The van der Waals surface area contributed by atoms with Gasteiger partial charge in [-0.1, -0.05) is 17.7 Å². The average molecular weight is 187 g/mol. The third-order valence-electron chi connectivity index (χ3n) is 2.07. The van der Waals surface area contributed by atoms with Crippen molar-refractivity contribution in [1.29, 1.82) is 0 Å². The Hall–Kier alpha value is -1.77. The molecule has 1 heterocycles. The Morgan fingerprint density at radius 3 is 2.93 bits per heavy atom. The van der Waals surface area contributed by atoms with E-state index in [1.165, 1.54) is 11.1 Å². The molecule has 0 bridgehead atoms. The van der Waals surface area contributed by atoms with Gasteiger partial charge in [-0.3, -0.25) is 5.10 Å². The third kappa shape index (κ3) is 1.48. The monoisotopic (exact) mass is 187 g/mol. The van der Waals surface area contributed by atoms with Crippen molar-refractivity contribution in [1.82, 2.24) is 10.2 Å². The molecule has 3 N–H and O–H groups in total. The summed E-state index contributed by atoms with van der Waals surface area (Å²) in [7, 11) is 0. The van der Waals surface area contributed by atoms with Crippen LogP contribution in [0.15, 0.2) is 23.8 Å². The van der Waals surface area contributed by atoms with Gasteiger partial charge in [0.15, 0.2) is 5.82 Å². The maximum atomic E-state index is 5.67. The molecule has 0 aliphatic carbocycles. The number of nitrogens with two attached hydrogens (primary N) is 1. The smallest absolute Gasteiger partial charge is 0.153 e. The molecule has 72 valence electrons. The zero-order valence-electron chi connectivity index (χ0n) is 8.33. The number of hydrogen-bond donors (Lipinski definition) is 2. The van der Waals surface area contributed by atoms with E-state index in [1.807, 2.05) is 18.2 Å². The Morgan fingerprint density at radius 1 is 1.43 bits per heavy atom. The molecule has 0 saturated heterocycles. The van der Waals surface area contributed by atoms with Crippen molar-refractivity contribution < 1.29 is 0 Å². The predicted molar refractivity (Wildman–Crippen MR) is 59.8 cm³/mol. The van der Waals surface area contributed by atoms with E-state index in [0.29, 0.717) is 5.82 Å². The second-order valence-corrected chi connectivity index (χ2v) is 3.64. The second-order valence-electron chi connectivity index (χ2n) is 3.64. The summed E-state index contributed by atoms with van der Waals surface area (Å²) in [4.78, 5) is 0. The first-order chi connectivity index (χ1) is 6.66. The van der Waals surface area contributed by atoms with E-state index >= 15 is 0 Å². The number of hydrogen-bond acceptors (Lipinski definition) is 2. The zero-order valence-corrected chi connectivity index (χ0v) is 8.33. The van der Waals surface area contributed by atoms with Crippen molar-refractivity contribution in [3.63, 3.8) is 0 Å². The standard InChI is InChI=1S/C11H13N3/c1-7(2)5-8-3-4-9-10(6-8)13-14-11(9)12/h3-6H,1-2H3,(H3,12,13,14). The lowest BCUT2D eigenvalue weighted by molar-refractivity contribution is 1.13. The summed E-state index contributed by atoms with van der Waals surface area (Å²) in [5.41, 5.74) is 9.10. The first-order valence-corrected chi connectivity index (χ1v) is 4.55. The van der Waals surface area contributed by atoms with Crippen molar-refractivity contribution in [3.05, 3.63) is 29.3 Å². The van der Waals surface area contributed by atoms with E-state index in [4.69, 9.17) is 5.73 Å². The Balaban J connectivity index is 2.57. The average Bonchev–Trinajstić information content (AvgIpc) is 2.46. The highest BCUT2D eigenvalue weighted by Gasteiger charge is 2.00. The van der Waals surface area contributed by atoms with Crippen LogP contribution in [0.5, 0.6) is 0 Å². The molecule has 0 radical (unpaired) electrons. The summed E-state index contributed by atoms with van der Waals surface area (Å²) in [5.74, 6) is 0.559. The van der Waals surface area contributed by atoms with E-state index < -0.39 is 0 Å². The number of H-pyrrole nitrogens is 1. The fourth-order valence-electron chi connectivity index (χ4n) is 1.48. The van der Waals surface area contributed by atoms with Crippen LogP contribution in [0.2, 0.25) is 0 Å². The molecule has 3 nitrogen and oxygen atoms in total. The van der Waals surface area contributed by atoms with Crippen LogP contribution in [0.4, 0.5) is 5.82 Å². The van der Waals surface area contributed by atoms with Gasteiger partial charge in [0.05, 0.1) is 5.52 Å². The molecular formula is C11H13N3. The highest BCUT2D eigenvalue weighted by molar-refractivity contribution is 5.89. The number of anilines is 1. The fourth-order valence-corrected chi connectivity index (χ4v) is 1.48. The number of nitrogens with one attached hydrogen (secondary N) is 1. The first kappa shape index (κ1) is 8.81. The summed E-state index contributed by atoms with van der Waals surface area (Å²) in [6.45, 7) is 4.15. The number of nitrogen functional groups attached to an aromatic ring is 1. The molecule has 2 aromatic rings. The van der Waals surface area contributed by atoms with E-state index in [-0.39, 0.29) is 0 Å². The summed E-state index contributed by atoms with van der Waals surface area (Å²) in [6, 6.07) is 6.08. The maximum absolute atomic E-state index is 5.67. The number of allylic oxidation sites excluding steroid dienone is 1. The molecule has 0 amide bonds. The number of aromatic nitrogens is 2. The fraction of sp³-hybridized carbons (Fsp3) is 0.182. The van der Waals surface area contributed by atoms with Crippen molar-refractivity contribution in [2.75, 3.05) is 5.73 Å². The van der Waals surface area contributed by atoms with Gasteiger partial charge in [0.2, 0.25) is 0 Å². The van der Waals surface area contributed by atoms with Crippen LogP contribution in [-0.4, -0.2) is 10.2 Å². The highest BCUT2D eigenvalue weighted by Crippen LogP contribution is 2.19. The van der Waals surface area contributed by atoms with Crippen LogP contribution >= 0.6 is 0 Å². The Labute approximate surface area is 82.6 Å². The minimum atomic E-state index is 0.559. The van der Waals surface area contributed by atoms with Crippen LogP contribution in [0.1, 0.15) is 19.4 Å². The Bertz CT molecular complexity index is 490. The molecule has 1 aromatic heterocycles. The molecule has 0 aliphatic heterocycles. The van der Waals surface area contributed by atoms with Crippen LogP contribution in [0.25, 0.3) is 17.0 Å². The van der Waals surface area contributed by atoms with Crippen molar-refractivity contribution in [3.8, 4) is 0 Å². The maximum Gasteiger partial charge on any atom is 0.153 e. The Kier molecular flexibility index (Phi) is 2.00. The van der Waals surface area contributed by atoms with Crippen LogP contribution < -0.4 is 5.73 Å². The lowest BCUT2D eigenvalue weighted by Crippen LogP contribution is -1.83. The quantitative estimate of drug-likeness (QED) is 0.720. The lowest BCUT2D eigenvalue weighted by atomic mass is 10.1. The van der Waals surface area contributed by atoms with E-state index in [9.17, 15) is 0 Å². The topological polar surface area (TPSA) is 54.7 Å². The summed E-state index contributed by atoms with van der Waals surface area (Å²) < 4.78 is 0. The number of rotatable bonds is 1. The summed E-state index contributed by atoms with van der Waals surface area (Å²) in [6.07, 6.45) is 2.12. The van der Waals surface area contributed by atoms with E-state index in [0.717, 1.165) is 10.9 Å². The summed E-state index contributed by atoms with van der Waals surface area (Å²) >= 11 is 0. The first-order valence-electron chi connectivity index (χ1n) is 4.55. The molecular weight excluding hydrogens is 174 g/mol. The van der Waals surface area contributed by atoms with Gasteiger partial charge in [0.25, 0.3) is 0 Å². The van der Waals surface area contributed by atoms with Gasteiger partial charge in [-0.25, -0.2) is 0 Å². The van der Waals surface area contributed by atoms with E-state index in [1.54, 1.807) is 0 Å². The van der Waals surface area contributed by atoms with Crippen molar-refractivity contribution in [2.45, 2.75) is 13.8 Å². The molecule has 0 spiro atoms. The van der Waals surface area contributed by atoms with Crippen LogP contribution in [0, 0.1) is 0 Å².